The van der Waals surface area contributed by atoms with Gasteiger partial charge in [-0.05, 0) is 96.2 Å². The van der Waals surface area contributed by atoms with Gasteiger partial charge in [0.15, 0.2) is 0 Å². The molecule has 0 unspecified atom stereocenters. The lowest BCUT2D eigenvalue weighted by molar-refractivity contribution is 0.660. The molecule has 0 saturated heterocycles. The van der Waals surface area contributed by atoms with Gasteiger partial charge in [0.2, 0.25) is 0 Å². The van der Waals surface area contributed by atoms with Crippen LogP contribution in [0.2, 0.25) is 0 Å². The summed E-state index contributed by atoms with van der Waals surface area (Å²) < 4.78 is 0. The van der Waals surface area contributed by atoms with Crippen molar-refractivity contribution >= 4 is 21.5 Å². The number of hydrogen-bond donors (Lipinski definition) is 0. The molecule has 0 bridgehead atoms. The van der Waals surface area contributed by atoms with Gasteiger partial charge in [0.1, 0.15) is 0 Å². The van der Waals surface area contributed by atoms with E-state index in [9.17, 15) is 0 Å². The number of rotatable bonds is 3. The van der Waals surface area contributed by atoms with Crippen LogP contribution in [-0.4, -0.2) is 0 Å². The van der Waals surface area contributed by atoms with E-state index in [1.807, 2.05) is 0 Å². The van der Waals surface area contributed by atoms with Crippen LogP contribution in [0.25, 0.3) is 66.1 Å². The lowest BCUT2D eigenvalue weighted by atomic mass is 9.80. The zero-order valence-corrected chi connectivity index (χ0v) is 24.3. The third-order valence-electron chi connectivity index (χ3n) is 9.31. The number of benzene rings is 7. The van der Waals surface area contributed by atoms with Crippen LogP contribution >= 0.6 is 0 Å². The number of hydrogen-bond acceptors (Lipinski definition) is 0. The van der Waals surface area contributed by atoms with Crippen LogP contribution in [0.1, 0.15) is 30.5 Å². The van der Waals surface area contributed by atoms with Gasteiger partial charge in [-0.15, -0.1) is 0 Å². The average molecular weight is 537 g/mol. The van der Waals surface area contributed by atoms with Gasteiger partial charge in [0, 0.05) is 5.41 Å². The first-order valence-corrected chi connectivity index (χ1v) is 14.9. The molecular weight excluding hydrogens is 504 g/mol. The van der Waals surface area contributed by atoms with E-state index in [0.29, 0.717) is 0 Å². The molecule has 0 spiro atoms. The second-order valence-corrected chi connectivity index (χ2v) is 12.2. The maximum absolute atomic E-state index is 2.47. The van der Waals surface area contributed by atoms with Crippen molar-refractivity contribution in [3.63, 3.8) is 0 Å². The van der Waals surface area contributed by atoms with E-state index >= 15 is 0 Å². The number of fused-ring (bicyclic) bond motifs is 5. The van der Waals surface area contributed by atoms with Crippen LogP contribution in [0.4, 0.5) is 0 Å². The van der Waals surface area contributed by atoms with Gasteiger partial charge < -0.3 is 0 Å². The Kier molecular flexibility index (Phi) is 5.49. The Balaban J connectivity index is 1.42. The van der Waals surface area contributed by atoms with E-state index < -0.39 is 0 Å². The smallest absolute Gasteiger partial charge is 0.0159 e. The van der Waals surface area contributed by atoms with E-state index in [4.69, 9.17) is 0 Å². The molecule has 8 rings (SSSR count). The predicted octanol–water partition coefficient (Wildman–Crippen LogP) is 11.6. The van der Waals surface area contributed by atoms with Crippen LogP contribution in [0.15, 0.2) is 140 Å². The molecule has 0 atom stereocenters. The van der Waals surface area contributed by atoms with Gasteiger partial charge in [-0.2, -0.15) is 0 Å². The minimum Gasteiger partial charge on any atom is -0.0622 e. The second kappa shape index (κ2) is 9.29. The fourth-order valence-corrected chi connectivity index (χ4v) is 7.26. The molecule has 42 heavy (non-hydrogen) atoms. The molecule has 7 aromatic carbocycles. The molecule has 0 aliphatic heterocycles. The fraction of sp³-hybridized carbons (Fsp3) is 0.0952. The van der Waals surface area contributed by atoms with Crippen molar-refractivity contribution in [1.29, 1.82) is 0 Å². The molecule has 0 fully saturated rings. The summed E-state index contributed by atoms with van der Waals surface area (Å²) in [5, 5.41) is 5.19. The van der Waals surface area contributed by atoms with E-state index in [1.54, 1.807) is 0 Å². The van der Waals surface area contributed by atoms with Crippen molar-refractivity contribution in [1.82, 2.24) is 0 Å². The largest absolute Gasteiger partial charge is 0.0622 e. The third-order valence-corrected chi connectivity index (χ3v) is 9.31. The maximum Gasteiger partial charge on any atom is 0.0159 e. The molecular formula is C42H32. The first-order chi connectivity index (χ1) is 20.5. The van der Waals surface area contributed by atoms with Crippen molar-refractivity contribution in [3.05, 3.63) is 156 Å². The minimum atomic E-state index is -0.0404. The van der Waals surface area contributed by atoms with Crippen LogP contribution in [-0.2, 0) is 5.41 Å². The zero-order valence-electron chi connectivity index (χ0n) is 24.3. The van der Waals surface area contributed by atoms with Gasteiger partial charge in [0.25, 0.3) is 0 Å². The highest BCUT2D eigenvalue weighted by molar-refractivity contribution is 6.21. The molecule has 0 N–H and O–H groups in total. The zero-order chi connectivity index (χ0) is 28.4. The summed E-state index contributed by atoms with van der Waals surface area (Å²) in [5.41, 5.74) is 14.4. The Hall–Kier alpha value is -4.94. The highest BCUT2D eigenvalue weighted by Crippen LogP contribution is 2.51. The molecule has 1 aliphatic carbocycles. The summed E-state index contributed by atoms with van der Waals surface area (Å²) in [4.78, 5) is 0. The maximum atomic E-state index is 2.47. The lowest BCUT2D eigenvalue weighted by Gasteiger charge is -2.23. The van der Waals surface area contributed by atoms with Crippen LogP contribution in [0.5, 0.6) is 0 Å². The van der Waals surface area contributed by atoms with Gasteiger partial charge in [-0.3, -0.25) is 0 Å². The topological polar surface area (TPSA) is 0 Å². The van der Waals surface area contributed by atoms with E-state index in [2.05, 4.69) is 160 Å². The Morgan fingerprint density at radius 3 is 1.79 bits per heavy atom. The van der Waals surface area contributed by atoms with Gasteiger partial charge >= 0.3 is 0 Å². The average Bonchev–Trinajstić information content (AvgIpc) is 3.26. The SMILES string of the molecule is Cc1ccc2c(-c3cccc(-c4ccccc4)c3)c3ccccc3c(-c3ccc4c(c3)C(C)(C)c3ccccc3-4)c2c1. The van der Waals surface area contributed by atoms with Crippen molar-refractivity contribution in [3.8, 4) is 44.5 Å². The minimum absolute atomic E-state index is 0.0404. The fourth-order valence-electron chi connectivity index (χ4n) is 7.26. The lowest BCUT2D eigenvalue weighted by Crippen LogP contribution is -2.14. The molecule has 0 radical (unpaired) electrons. The molecule has 0 aromatic heterocycles. The molecule has 0 nitrogen and oxygen atoms in total. The van der Waals surface area contributed by atoms with Crippen molar-refractivity contribution in [2.45, 2.75) is 26.2 Å². The Labute approximate surface area is 247 Å². The summed E-state index contributed by atoms with van der Waals surface area (Å²) in [7, 11) is 0. The summed E-state index contributed by atoms with van der Waals surface area (Å²) in [6.45, 7) is 6.94. The molecule has 1 aliphatic rings. The molecule has 0 amide bonds. The quantitative estimate of drug-likeness (QED) is 0.197. The Bertz CT molecular complexity index is 2160. The van der Waals surface area contributed by atoms with Crippen LogP contribution in [0.3, 0.4) is 0 Å². The van der Waals surface area contributed by atoms with Gasteiger partial charge in [0.05, 0.1) is 0 Å². The molecule has 7 aromatic rings. The molecule has 0 saturated carbocycles. The van der Waals surface area contributed by atoms with Crippen molar-refractivity contribution in [2.75, 3.05) is 0 Å². The van der Waals surface area contributed by atoms with Gasteiger partial charge in [-0.25, -0.2) is 0 Å². The predicted molar refractivity (Wildman–Crippen MR) is 180 cm³/mol. The van der Waals surface area contributed by atoms with E-state index in [0.717, 1.165) is 0 Å². The second-order valence-electron chi connectivity index (χ2n) is 12.2. The highest BCUT2D eigenvalue weighted by Gasteiger charge is 2.35. The first kappa shape index (κ1) is 24.8. The summed E-state index contributed by atoms with van der Waals surface area (Å²) in [6.07, 6.45) is 0. The van der Waals surface area contributed by atoms with Crippen molar-refractivity contribution < 1.29 is 0 Å². The molecule has 0 heterocycles. The number of aryl methyl sites for hydroxylation is 1. The first-order valence-electron chi connectivity index (χ1n) is 14.9. The Morgan fingerprint density at radius 1 is 0.381 bits per heavy atom. The molecule has 0 heteroatoms. The van der Waals surface area contributed by atoms with Crippen LogP contribution in [0, 0.1) is 6.92 Å². The summed E-state index contributed by atoms with van der Waals surface area (Å²) >= 11 is 0. The Morgan fingerprint density at radius 2 is 0.976 bits per heavy atom. The highest BCUT2D eigenvalue weighted by atomic mass is 14.4. The summed E-state index contributed by atoms with van der Waals surface area (Å²) in [5.74, 6) is 0. The monoisotopic (exact) mass is 536 g/mol. The standard InChI is InChI=1S/C42H32/c1-27-20-22-36-37(24-27)41(31-21-23-33-32-16-9-10-19-38(32)42(2,3)39(33)26-31)35-18-8-7-17-34(35)40(36)30-15-11-14-29(25-30)28-12-5-4-6-13-28/h4-26H,1-3H3. The van der Waals surface area contributed by atoms with Crippen LogP contribution < -0.4 is 0 Å². The summed E-state index contributed by atoms with van der Waals surface area (Å²) in [6, 6.07) is 51.7. The normalized spacial score (nSPS) is 13.3. The van der Waals surface area contributed by atoms with Gasteiger partial charge in [-0.1, -0.05) is 147 Å². The molecule has 200 valence electrons. The third kappa shape index (κ3) is 3.68. The van der Waals surface area contributed by atoms with E-state index in [-0.39, 0.29) is 5.41 Å². The van der Waals surface area contributed by atoms with Crippen molar-refractivity contribution in [2.24, 2.45) is 0 Å². The van der Waals surface area contributed by atoms with E-state index in [1.165, 1.54) is 82.7 Å².